The minimum Gasteiger partial charge on any atom is -0.394 e. The van der Waals surface area contributed by atoms with E-state index in [0.717, 1.165) is 0 Å². The van der Waals surface area contributed by atoms with E-state index < -0.39 is 42.3 Å². The third kappa shape index (κ3) is 2.39. The number of hydrogen-bond donors (Lipinski definition) is 5. The Morgan fingerprint density at radius 3 is 2.50 bits per heavy atom. The Hall–Kier alpha value is -1.92. The molecular weight excluding hydrogens is 268 g/mol. The molecule has 0 saturated carbocycles. The molecule has 2 heterocycles. The second kappa shape index (κ2) is 5.60. The number of rotatable bonds is 2. The van der Waals surface area contributed by atoms with E-state index in [9.17, 15) is 19.8 Å². The lowest BCUT2D eigenvalue weighted by molar-refractivity contribution is -0.0241. The van der Waals surface area contributed by atoms with Crippen LogP contribution in [0.3, 0.4) is 0 Å². The van der Waals surface area contributed by atoms with E-state index in [4.69, 9.17) is 9.84 Å². The van der Waals surface area contributed by atoms with Gasteiger partial charge in [0.1, 0.15) is 30.0 Å². The summed E-state index contributed by atoms with van der Waals surface area (Å²) in [6, 6.07) is 0. The first-order chi connectivity index (χ1) is 9.49. The van der Waals surface area contributed by atoms with Crippen molar-refractivity contribution in [2.75, 3.05) is 6.61 Å². The van der Waals surface area contributed by atoms with Crippen molar-refractivity contribution in [2.24, 2.45) is 0 Å². The summed E-state index contributed by atoms with van der Waals surface area (Å²) in [6.45, 7) is 1.00. The van der Waals surface area contributed by atoms with Gasteiger partial charge in [-0.15, -0.1) is 5.92 Å². The van der Waals surface area contributed by atoms with E-state index in [1.54, 1.807) is 0 Å². The Labute approximate surface area is 113 Å². The lowest BCUT2D eigenvalue weighted by Gasteiger charge is -2.15. The number of aromatic amines is 2. The van der Waals surface area contributed by atoms with Gasteiger partial charge < -0.3 is 25.0 Å². The Morgan fingerprint density at radius 1 is 1.25 bits per heavy atom. The van der Waals surface area contributed by atoms with Crippen molar-refractivity contribution in [1.29, 1.82) is 0 Å². The minimum absolute atomic E-state index is 0.0180. The van der Waals surface area contributed by atoms with Gasteiger partial charge in [-0.25, -0.2) is 4.79 Å². The molecule has 1 saturated heterocycles. The van der Waals surface area contributed by atoms with Crippen molar-refractivity contribution in [3.05, 3.63) is 32.1 Å². The molecule has 0 amide bonds. The van der Waals surface area contributed by atoms with Gasteiger partial charge in [-0.05, 0) is 6.92 Å². The monoisotopic (exact) mass is 282 g/mol. The van der Waals surface area contributed by atoms with Crippen molar-refractivity contribution >= 4 is 0 Å². The van der Waals surface area contributed by atoms with Crippen LogP contribution in [-0.4, -0.2) is 50.2 Å². The van der Waals surface area contributed by atoms with Crippen molar-refractivity contribution in [3.8, 4) is 11.8 Å². The standard InChI is InChI=1S/C12H14N2O6/c1-2-3-5-7(13-12(19)14-11(5)18)10-9(17)8(16)6(4-15)20-10/h6,8-10,15-17H,4H2,1H3,(H2,13,14,18,19)/t6-,8-,9+,10+/m1/s1. The second-order valence-corrected chi connectivity index (χ2v) is 4.33. The van der Waals surface area contributed by atoms with Crippen molar-refractivity contribution in [3.63, 3.8) is 0 Å². The van der Waals surface area contributed by atoms with Gasteiger partial charge in [-0.1, -0.05) is 5.92 Å². The summed E-state index contributed by atoms with van der Waals surface area (Å²) in [4.78, 5) is 27.4. The average Bonchev–Trinajstić information content (AvgIpc) is 2.69. The fourth-order valence-corrected chi connectivity index (χ4v) is 2.10. The summed E-state index contributed by atoms with van der Waals surface area (Å²) in [7, 11) is 0. The molecule has 1 aromatic rings. The molecule has 0 aromatic carbocycles. The highest BCUT2D eigenvalue weighted by atomic mass is 16.6. The smallest absolute Gasteiger partial charge is 0.326 e. The molecular formula is C12H14N2O6. The molecule has 0 spiro atoms. The summed E-state index contributed by atoms with van der Waals surface area (Å²) in [5.41, 5.74) is -1.56. The summed E-state index contributed by atoms with van der Waals surface area (Å²) in [5, 5.41) is 28.7. The van der Waals surface area contributed by atoms with Crippen LogP contribution >= 0.6 is 0 Å². The fraction of sp³-hybridized carbons (Fsp3) is 0.500. The van der Waals surface area contributed by atoms with Gasteiger partial charge in [0, 0.05) is 0 Å². The van der Waals surface area contributed by atoms with Gasteiger partial charge >= 0.3 is 5.69 Å². The van der Waals surface area contributed by atoms with E-state index in [-0.39, 0.29) is 11.3 Å². The Balaban J connectivity index is 2.55. The van der Waals surface area contributed by atoms with Crippen LogP contribution in [-0.2, 0) is 4.74 Å². The minimum atomic E-state index is -1.39. The number of aliphatic hydroxyl groups is 3. The van der Waals surface area contributed by atoms with Crippen molar-refractivity contribution < 1.29 is 20.1 Å². The van der Waals surface area contributed by atoms with Gasteiger partial charge in [-0.3, -0.25) is 9.78 Å². The number of aromatic nitrogens is 2. The molecule has 8 heteroatoms. The molecule has 20 heavy (non-hydrogen) atoms. The van der Waals surface area contributed by atoms with E-state index in [2.05, 4.69) is 16.8 Å². The van der Waals surface area contributed by atoms with Crippen LogP contribution in [0, 0.1) is 11.8 Å². The van der Waals surface area contributed by atoms with Crippen LogP contribution in [0.25, 0.3) is 0 Å². The molecule has 0 bridgehead atoms. The van der Waals surface area contributed by atoms with Crippen LogP contribution < -0.4 is 11.2 Å². The number of nitrogens with one attached hydrogen (secondary N) is 2. The fourth-order valence-electron chi connectivity index (χ4n) is 2.10. The molecule has 0 radical (unpaired) electrons. The molecule has 8 nitrogen and oxygen atoms in total. The third-order valence-corrected chi connectivity index (χ3v) is 3.05. The highest BCUT2D eigenvalue weighted by molar-refractivity contribution is 5.37. The lowest BCUT2D eigenvalue weighted by atomic mass is 10.0. The zero-order chi connectivity index (χ0) is 14.9. The molecule has 5 N–H and O–H groups in total. The molecule has 1 aliphatic heterocycles. The highest BCUT2D eigenvalue weighted by Crippen LogP contribution is 2.32. The van der Waals surface area contributed by atoms with Gasteiger partial charge in [0.15, 0.2) is 0 Å². The molecule has 4 atom stereocenters. The molecule has 108 valence electrons. The zero-order valence-corrected chi connectivity index (χ0v) is 10.6. The maximum atomic E-state index is 11.7. The van der Waals surface area contributed by atoms with Crippen LogP contribution in [0.4, 0.5) is 0 Å². The van der Waals surface area contributed by atoms with E-state index >= 15 is 0 Å². The SMILES string of the molecule is CC#Cc1c([C@@H]2O[C@H](CO)[C@@H](O)[C@@H]2O)[nH]c(=O)[nH]c1=O. The van der Waals surface area contributed by atoms with E-state index in [0.29, 0.717) is 0 Å². The van der Waals surface area contributed by atoms with E-state index in [1.807, 2.05) is 4.98 Å². The van der Waals surface area contributed by atoms with Gasteiger partial charge in [0.05, 0.1) is 12.3 Å². The van der Waals surface area contributed by atoms with Crippen LogP contribution in [0.5, 0.6) is 0 Å². The first kappa shape index (κ1) is 14.5. The Morgan fingerprint density at radius 2 is 1.95 bits per heavy atom. The Kier molecular flexibility index (Phi) is 4.06. The molecule has 1 aliphatic rings. The normalized spacial score (nSPS) is 29.0. The zero-order valence-electron chi connectivity index (χ0n) is 10.6. The maximum absolute atomic E-state index is 11.7. The first-order valence-electron chi connectivity index (χ1n) is 5.91. The molecule has 1 fully saturated rings. The summed E-state index contributed by atoms with van der Waals surface area (Å²) in [6.07, 6.45) is -4.86. The quantitative estimate of drug-likeness (QED) is 0.383. The second-order valence-electron chi connectivity index (χ2n) is 4.33. The Bertz CT molecular complexity index is 667. The number of H-pyrrole nitrogens is 2. The maximum Gasteiger partial charge on any atom is 0.326 e. The van der Waals surface area contributed by atoms with Gasteiger partial charge in [-0.2, -0.15) is 0 Å². The molecule has 2 rings (SSSR count). The topological polar surface area (TPSA) is 136 Å². The summed E-state index contributed by atoms with van der Waals surface area (Å²) in [5.74, 6) is 5.04. The highest BCUT2D eigenvalue weighted by Gasteiger charge is 2.44. The number of hydrogen-bond acceptors (Lipinski definition) is 6. The van der Waals surface area contributed by atoms with Crippen LogP contribution in [0.2, 0.25) is 0 Å². The van der Waals surface area contributed by atoms with Gasteiger partial charge in [0.2, 0.25) is 0 Å². The van der Waals surface area contributed by atoms with Crippen LogP contribution in [0.1, 0.15) is 24.3 Å². The molecule has 1 aromatic heterocycles. The lowest BCUT2D eigenvalue weighted by Crippen LogP contribution is -2.34. The van der Waals surface area contributed by atoms with Crippen molar-refractivity contribution in [2.45, 2.75) is 31.3 Å². The number of ether oxygens (including phenoxy) is 1. The van der Waals surface area contributed by atoms with Crippen LogP contribution in [0.15, 0.2) is 9.59 Å². The predicted octanol–water partition coefficient (Wildman–Crippen LogP) is -2.41. The molecule has 0 aliphatic carbocycles. The average molecular weight is 282 g/mol. The summed E-state index contributed by atoms with van der Waals surface area (Å²) >= 11 is 0. The largest absolute Gasteiger partial charge is 0.394 e. The van der Waals surface area contributed by atoms with Crippen molar-refractivity contribution in [1.82, 2.24) is 9.97 Å². The summed E-state index contributed by atoms with van der Waals surface area (Å²) < 4.78 is 5.28. The van der Waals surface area contributed by atoms with Gasteiger partial charge in [0.25, 0.3) is 5.56 Å². The third-order valence-electron chi connectivity index (χ3n) is 3.05. The first-order valence-corrected chi connectivity index (χ1v) is 5.91. The van der Waals surface area contributed by atoms with E-state index in [1.165, 1.54) is 6.92 Å². The number of aliphatic hydroxyl groups excluding tert-OH is 3. The predicted molar refractivity (Wildman–Crippen MR) is 66.9 cm³/mol. The molecule has 0 unspecified atom stereocenters.